The van der Waals surface area contributed by atoms with E-state index in [0.29, 0.717) is 21.1 Å². The van der Waals surface area contributed by atoms with Crippen molar-refractivity contribution in [3.63, 3.8) is 0 Å². The van der Waals surface area contributed by atoms with Crippen molar-refractivity contribution in [1.82, 2.24) is 9.97 Å². The molecule has 2 N–H and O–H groups in total. The summed E-state index contributed by atoms with van der Waals surface area (Å²) in [7, 11) is 0. The maximum absolute atomic E-state index is 13.2. The molecule has 0 aliphatic rings. The van der Waals surface area contributed by atoms with Crippen LogP contribution in [0.2, 0.25) is 0 Å². The molecular weight excluding hydrogens is 280 g/mol. The second-order valence-corrected chi connectivity index (χ2v) is 5.20. The molecule has 0 aliphatic heterocycles. The lowest BCUT2D eigenvalue weighted by atomic mass is 10.2. The van der Waals surface area contributed by atoms with Gasteiger partial charge in [0.15, 0.2) is 11.6 Å². The van der Waals surface area contributed by atoms with Gasteiger partial charge in [-0.25, -0.2) is 18.7 Å². The Hall–Kier alpha value is -2.21. The smallest absolute Gasteiger partial charge is 0.159 e. The second kappa shape index (κ2) is 5.05. The molecule has 3 nitrogen and oxygen atoms in total. The summed E-state index contributed by atoms with van der Waals surface area (Å²) in [6, 6.07) is 9.05. The van der Waals surface area contributed by atoms with Gasteiger partial charge in [-0.15, -0.1) is 0 Å². The van der Waals surface area contributed by atoms with Crippen LogP contribution in [0.4, 0.5) is 14.5 Å². The zero-order valence-corrected chi connectivity index (χ0v) is 11.0. The molecule has 0 fully saturated rings. The molecule has 0 aliphatic carbocycles. The van der Waals surface area contributed by atoms with E-state index in [4.69, 9.17) is 5.73 Å². The largest absolute Gasteiger partial charge is 0.399 e. The molecule has 0 bridgehead atoms. The number of aromatic nitrogens is 2. The van der Waals surface area contributed by atoms with Gasteiger partial charge in [-0.2, -0.15) is 0 Å². The van der Waals surface area contributed by atoms with Crippen LogP contribution in [0.15, 0.2) is 52.6 Å². The van der Waals surface area contributed by atoms with Crippen LogP contribution in [-0.4, -0.2) is 9.97 Å². The van der Waals surface area contributed by atoms with Crippen molar-refractivity contribution < 1.29 is 8.78 Å². The molecule has 0 amide bonds. The number of benzene rings is 2. The maximum atomic E-state index is 13.2. The summed E-state index contributed by atoms with van der Waals surface area (Å²) >= 11 is 1.25. The van der Waals surface area contributed by atoms with E-state index >= 15 is 0 Å². The summed E-state index contributed by atoms with van der Waals surface area (Å²) < 4.78 is 26.1. The van der Waals surface area contributed by atoms with E-state index in [1.165, 1.54) is 24.2 Å². The second-order valence-electron chi connectivity index (χ2n) is 4.13. The quantitative estimate of drug-likeness (QED) is 0.578. The molecule has 100 valence electrons. The number of nitrogens with two attached hydrogens (primary N) is 1. The van der Waals surface area contributed by atoms with Crippen LogP contribution in [0.25, 0.3) is 10.9 Å². The van der Waals surface area contributed by atoms with Crippen molar-refractivity contribution >= 4 is 28.4 Å². The number of fused-ring (bicyclic) bond motifs is 1. The Labute approximate surface area is 117 Å². The molecule has 6 heteroatoms. The highest BCUT2D eigenvalue weighted by Gasteiger charge is 2.08. The lowest BCUT2D eigenvalue weighted by Crippen LogP contribution is -1.90. The van der Waals surface area contributed by atoms with Gasteiger partial charge in [0.25, 0.3) is 0 Å². The van der Waals surface area contributed by atoms with Gasteiger partial charge in [0, 0.05) is 16.0 Å². The van der Waals surface area contributed by atoms with Crippen molar-refractivity contribution in [3.05, 3.63) is 54.4 Å². The first-order valence-electron chi connectivity index (χ1n) is 5.76. The van der Waals surface area contributed by atoms with Crippen LogP contribution >= 0.6 is 11.8 Å². The Morgan fingerprint density at radius 2 is 1.80 bits per heavy atom. The van der Waals surface area contributed by atoms with Crippen molar-refractivity contribution in [2.24, 2.45) is 0 Å². The van der Waals surface area contributed by atoms with Crippen molar-refractivity contribution in [1.29, 1.82) is 0 Å². The van der Waals surface area contributed by atoms with Gasteiger partial charge in [-0.3, -0.25) is 0 Å². The van der Waals surface area contributed by atoms with Crippen molar-refractivity contribution in [2.75, 3.05) is 5.73 Å². The molecule has 1 heterocycles. The molecule has 0 unspecified atom stereocenters. The Kier molecular flexibility index (Phi) is 3.23. The first-order chi connectivity index (χ1) is 9.63. The molecule has 1 aromatic heterocycles. The Balaban J connectivity index is 2.04. The van der Waals surface area contributed by atoms with E-state index in [9.17, 15) is 8.78 Å². The third-order valence-electron chi connectivity index (χ3n) is 2.73. The number of halogens is 2. The molecule has 0 radical (unpaired) electrons. The average molecular weight is 289 g/mol. The summed E-state index contributed by atoms with van der Waals surface area (Å²) in [6.45, 7) is 0. The van der Waals surface area contributed by atoms with Gasteiger partial charge in [-0.05, 0) is 36.4 Å². The van der Waals surface area contributed by atoms with E-state index in [-0.39, 0.29) is 0 Å². The minimum Gasteiger partial charge on any atom is -0.399 e. The number of hydrogen-bond donors (Lipinski definition) is 1. The number of nitrogen functional groups attached to an aromatic ring is 1. The summed E-state index contributed by atoms with van der Waals surface area (Å²) in [5, 5.41) is 1.48. The third-order valence-corrected chi connectivity index (χ3v) is 3.74. The third kappa shape index (κ3) is 2.42. The Morgan fingerprint density at radius 3 is 2.60 bits per heavy atom. The van der Waals surface area contributed by atoms with Gasteiger partial charge in [0.05, 0.1) is 5.52 Å². The van der Waals surface area contributed by atoms with Crippen LogP contribution in [-0.2, 0) is 0 Å². The number of rotatable bonds is 2. The molecular formula is C14H9F2N3S. The zero-order valence-electron chi connectivity index (χ0n) is 10.2. The Bertz CT molecular complexity index is 792. The number of nitrogens with zero attached hydrogens (tertiary/aromatic N) is 2. The van der Waals surface area contributed by atoms with Crippen LogP contribution in [0, 0.1) is 11.6 Å². The lowest BCUT2D eigenvalue weighted by molar-refractivity contribution is 0.506. The average Bonchev–Trinajstić information content (AvgIpc) is 2.43. The first-order valence-corrected chi connectivity index (χ1v) is 6.58. The normalized spacial score (nSPS) is 10.9. The standard InChI is InChI=1S/C14H9F2N3S/c15-11-4-2-9(6-12(11)16)20-14-10-3-1-8(17)5-13(10)18-7-19-14/h1-7H,17H2. The number of anilines is 1. The van der Waals surface area contributed by atoms with Gasteiger partial charge in [-0.1, -0.05) is 11.8 Å². The SMILES string of the molecule is Nc1ccc2c(Sc3ccc(F)c(F)c3)ncnc2c1. The summed E-state index contributed by atoms with van der Waals surface area (Å²) in [4.78, 5) is 8.89. The van der Waals surface area contributed by atoms with Gasteiger partial charge < -0.3 is 5.73 Å². The van der Waals surface area contributed by atoms with Crippen LogP contribution in [0.5, 0.6) is 0 Å². The lowest BCUT2D eigenvalue weighted by Gasteiger charge is -2.05. The van der Waals surface area contributed by atoms with E-state index in [2.05, 4.69) is 9.97 Å². The molecule has 20 heavy (non-hydrogen) atoms. The van der Waals surface area contributed by atoms with Crippen LogP contribution in [0.3, 0.4) is 0 Å². The van der Waals surface area contributed by atoms with Crippen molar-refractivity contribution in [2.45, 2.75) is 9.92 Å². The first kappa shape index (κ1) is 12.8. The molecule has 3 rings (SSSR count). The molecule has 0 spiro atoms. The van der Waals surface area contributed by atoms with Crippen molar-refractivity contribution in [3.8, 4) is 0 Å². The molecule has 0 atom stereocenters. The van der Waals surface area contributed by atoms with E-state index < -0.39 is 11.6 Å². The summed E-state index contributed by atoms with van der Waals surface area (Å²) in [5.41, 5.74) is 7.03. The van der Waals surface area contributed by atoms with Crippen LogP contribution < -0.4 is 5.73 Å². The van der Waals surface area contributed by atoms with E-state index in [1.807, 2.05) is 6.07 Å². The summed E-state index contributed by atoms with van der Waals surface area (Å²) in [5.74, 6) is -1.74. The molecule has 0 saturated carbocycles. The van der Waals surface area contributed by atoms with Crippen LogP contribution in [0.1, 0.15) is 0 Å². The highest BCUT2D eigenvalue weighted by molar-refractivity contribution is 7.99. The predicted molar refractivity (Wildman–Crippen MR) is 74.4 cm³/mol. The summed E-state index contributed by atoms with van der Waals surface area (Å²) in [6.07, 6.45) is 1.42. The monoisotopic (exact) mass is 289 g/mol. The fraction of sp³-hybridized carbons (Fsp3) is 0. The zero-order chi connectivity index (χ0) is 14.1. The maximum Gasteiger partial charge on any atom is 0.159 e. The van der Waals surface area contributed by atoms with E-state index in [0.717, 1.165) is 17.5 Å². The molecule has 3 aromatic rings. The topological polar surface area (TPSA) is 51.8 Å². The predicted octanol–water partition coefficient (Wildman–Crippen LogP) is 3.64. The highest BCUT2D eigenvalue weighted by Crippen LogP contribution is 2.32. The highest BCUT2D eigenvalue weighted by atomic mass is 32.2. The Morgan fingerprint density at radius 1 is 0.950 bits per heavy atom. The minimum atomic E-state index is -0.877. The fourth-order valence-corrected chi connectivity index (χ4v) is 2.69. The van der Waals surface area contributed by atoms with Gasteiger partial charge in [0.1, 0.15) is 11.4 Å². The number of hydrogen-bond acceptors (Lipinski definition) is 4. The van der Waals surface area contributed by atoms with Gasteiger partial charge >= 0.3 is 0 Å². The fourth-order valence-electron chi connectivity index (χ4n) is 1.78. The van der Waals surface area contributed by atoms with Gasteiger partial charge in [0.2, 0.25) is 0 Å². The molecule has 0 saturated heterocycles. The molecule has 2 aromatic carbocycles. The minimum absolute atomic E-state index is 0.570. The van der Waals surface area contributed by atoms with E-state index in [1.54, 1.807) is 12.1 Å².